The van der Waals surface area contributed by atoms with Crippen LogP contribution >= 0.6 is 0 Å². The summed E-state index contributed by atoms with van der Waals surface area (Å²) < 4.78 is 5.21. The number of hydrogen-bond donors (Lipinski definition) is 0. The zero-order valence-electron chi connectivity index (χ0n) is 8.32. The monoisotopic (exact) mass is 196 g/mol. The summed E-state index contributed by atoms with van der Waals surface area (Å²) in [4.78, 5) is 15.7. The normalized spacial score (nSPS) is 22.6. The standard InChI is InChI=1S/C10H16N2O2/c13-10(11-4-2-1-3-5-11)12-6-8-14-9-7-12/h1-2H,3-9H2. The van der Waals surface area contributed by atoms with Gasteiger partial charge in [-0.05, 0) is 6.42 Å². The van der Waals surface area contributed by atoms with Gasteiger partial charge in [-0.1, -0.05) is 12.2 Å². The molecule has 2 aliphatic rings. The highest BCUT2D eigenvalue weighted by Crippen LogP contribution is 2.07. The molecular formula is C10H16N2O2. The van der Waals surface area contributed by atoms with Crippen molar-refractivity contribution < 1.29 is 9.53 Å². The third kappa shape index (κ3) is 2.07. The Morgan fingerprint density at radius 3 is 2.50 bits per heavy atom. The molecule has 0 aliphatic carbocycles. The molecule has 0 bridgehead atoms. The molecule has 0 atom stereocenters. The van der Waals surface area contributed by atoms with Crippen LogP contribution in [0.2, 0.25) is 0 Å². The molecule has 2 amide bonds. The third-order valence-electron chi connectivity index (χ3n) is 2.61. The Morgan fingerprint density at radius 1 is 1.07 bits per heavy atom. The van der Waals surface area contributed by atoms with Crippen molar-refractivity contribution in [1.29, 1.82) is 0 Å². The van der Waals surface area contributed by atoms with Crippen LogP contribution in [-0.4, -0.2) is 55.2 Å². The highest BCUT2D eigenvalue weighted by molar-refractivity contribution is 5.74. The number of amides is 2. The van der Waals surface area contributed by atoms with E-state index in [2.05, 4.69) is 12.2 Å². The zero-order valence-corrected chi connectivity index (χ0v) is 8.32. The Balaban J connectivity index is 1.89. The van der Waals surface area contributed by atoms with Crippen LogP contribution in [0.5, 0.6) is 0 Å². The third-order valence-corrected chi connectivity index (χ3v) is 2.61. The molecule has 1 saturated heterocycles. The van der Waals surface area contributed by atoms with E-state index in [0.29, 0.717) is 13.2 Å². The summed E-state index contributed by atoms with van der Waals surface area (Å²) in [5, 5.41) is 0. The fraction of sp³-hybridized carbons (Fsp3) is 0.700. The van der Waals surface area contributed by atoms with Crippen LogP contribution in [0, 0.1) is 0 Å². The molecule has 0 radical (unpaired) electrons. The molecular weight excluding hydrogens is 180 g/mol. The summed E-state index contributed by atoms with van der Waals surface area (Å²) in [6.07, 6.45) is 5.17. The summed E-state index contributed by atoms with van der Waals surface area (Å²) in [6.45, 7) is 4.44. The van der Waals surface area contributed by atoms with Gasteiger partial charge in [0.05, 0.1) is 13.2 Å². The summed E-state index contributed by atoms with van der Waals surface area (Å²) >= 11 is 0. The summed E-state index contributed by atoms with van der Waals surface area (Å²) in [6, 6.07) is 0.164. The van der Waals surface area contributed by atoms with Crippen molar-refractivity contribution in [3.8, 4) is 0 Å². The number of morpholine rings is 1. The van der Waals surface area contributed by atoms with Crippen molar-refractivity contribution in [2.24, 2.45) is 0 Å². The van der Waals surface area contributed by atoms with Gasteiger partial charge >= 0.3 is 6.03 Å². The van der Waals surface area contributed by atoms with Crippen LogP contribution in [0.15, 0.2) is 12.2 Å². The lowest BCUT2D eigenvalue weighted by atomic mass is 10.2. The highest BCUT2D eigenvalue weighted by Gasteiger charge is 2.22. The van der Waals surface area contributed by atoms with Gasteiger partial charge in [-0.25, -0.2) is 4.79 Å². The maximum atomic E-state index is 11.9. The van der Waals surface area contributed by atoms with Gasteiger partial charge in [0, 0.05) is 26.2 Å². The lowest BCUT2D eigenvalue weighted by molar-refractivity contribution is 0.0440. The lowest BCUT2D eigenvalue weighted by Gasteiger charge is -2.33. The van der Waals surface area contributed by atoms with Crippen LogP contribution in [0.1, 0.15) is 6.42 Å². The number of hydrogen-bond acceptors (Lipinski definition) is 2. The first-order chi connectivity index (χ1) is 6.88. The van der Waals surface area contributed by atoms with Gasteiger partial charge in [-0.3, -0.25) is 0 Å². The molecule has 2 heterocycles. The highest BCUT2D eigenvalue weighted by atomic mass is 16.5. The van der Waals surface area contributed by atoms with Crippen LogP contribution < -0.4 is 0 Å². The second-order valence-electron chi connectivity index (χ2n) is 3.59. The van der Waals surface area contributed by atoms with Gasteiger partial charge in [0.15, 0.2) is 0 Å². The van der Waals surface area contributed by atoms with Gasteiger partial charge in [-0.15, -0.1) is 0 Å². The predicted octanol–water partition coefficient (Wildman–Crippen LogP) is 0.701. The second-order valence-corrected chi connectivity index (χ2v) is 3.59. The Hall–Kier alpha value is -1.03. The molecule has 2 rings (SSSR count). The van der Waals surface area contributed by atoms with Gasteiger partial charge in [0.25, 0.3) is 0 Å². The van der Waals surface area contributed by atoms with Crippen molar-refractivity contribution >= 4 is 6.03 Å². The topological polar surface area (TPSA) is 32.8 Å². The van der Waals surface area contributed by atoms with Crippen molar-refractivity contribution in [3.05, 3.63) is 12.2 Å². The summed E-state index contributed by atoms with van der Waals surface area (Å²) in [5.74, 6) is 0. The Kier molecular flexibility index (Phi) is 3.03. The minimum Gasteiger partial charge on any atom is -0.378 e. The first-order valence-corrected chi connectivity index (χ1v) is 5.14. The maximum absolute atomic E-state index is 11.9. The largest absolute Gasteiger partial charge is 0.378 e. The molecule has 1 fully saturated rings. The van der Waals surface area contributed by atoms with Crippen LogP contribution in [0.3, 0.4) is 0 Å². The quantitative estimate of drug-likeness (QED) is 0.534. The van der Waals surface area contributed by atoms with Crippen molar-refractivity contribution in [3.63, 3.8) is 0 Å². The van der Waals surface area contributed by atoms with Crippen LogP contribution in [-0.2, 0) is 4.74 Å². The average Bonchev–Trinajstić information content (AvgIpc) is 2.30. The van der Waals surface area contributed by atoms with Gasteiger partial charge < -0.3 is 14.5 Å². The number of carbonyl (C=O) groups excluding carboxylic acids is 1. The number of urea groups is 1. The Labute approximate surface area is 84.1 Å². The molecule has 78 valence electrons. The molecule has 0 aromatic heterocycles. The Morgan fingerprint density at radius 2 is 1.86 bits per heavy atom. The first kappa shape index (κ1) is 9.52. The molecule has 14 heavy (non-hydrogen) atoms. The fourth-order valence-electron chi connectivity index (χ4n) is 1.77. The van der Waals surface area contributed by atoms with E-state index in [1.807, 2.05) is 9.80 Å². The maximum Gasteiger partial charge on any atom is 0.320 e. The van der Waals surface area contributed by atoms with E-state index in [-0.39, 0.29) is 6.03 Å². The molecule has 4 nitrogen and oxygen atoms in total. The summed E-state index contributed by atoms with van der Waals surface area (Å²) in [7, 11) is 0. The van der Waals surface area contributed by atoms with Crippen molar-refractivity contribution in [2.75, 3.05) is 39.4 Å². The molecule has 4 heteroatoms. The summed E-state index contributed by atoms with van der Waals surface area (Å²) in [5.41, 5.74) is 0. The van der Waals surface area contributed by atoms with Gasteiger partial charge in [0.2, 0.25) is 0 Å². The minimum atomic E-state index is 0.164. The van der Waals surface area contributed by atoms with Gasteiger partial charge in [0.1, 0.15) is 0 Å². The first-order valence-electron chi connectivity index (χ1n) is 5.14. The van der Waals surface area contributed by atoms with Crippen molar-refractivity contribution in [1.82, 2.24) is 9.80 Å². The van der Waals surface area contributed by atoms with E-state index >= 15 is 0 Å². The number of rotatable bonds is 0. The molecule has 0 unspecified atom stereocenters. The fourth-order valence-corrected chi connectivity index (χ4v) is 1.77. The number of nitrogens with zero attached hydrogens (tertiary/aromatic N) is 2. The lowest BCUT2D eigenvalue weighted by Crippen LogP contribution is -2.48. The second kappa shape index (κ2) is 4.46. The SMILES string of the molecule is O=C(N1CC=CCC1)N1CCOCC1. The minimum absolute atomic E-state index is 0.164. The van der Waals surface area contributed by atoms with E-state index < -0.39 is 0 Å². The molecule has 2 aliphatic heterocycles. The molecule has 0 aromatic carbocycles. The molecule has 0 spiro atoms. The molecule has 0 saturated carbocycles. The van der Waals surface area contributed by atoms with E-state index in [9.17, 15) is 4.79 Å². The molecule has 0 N–H and O–H groups in total. The average molecular weight is 196 g/mol. The zero-order chi connectivity index (χ0) is 9.80. The Bertz CT molecular complexity index is 234. The van der Waals surface area contributed by atoms with E-state index in [1.165, 1.54) is 0 Å². The van der Waals surface area contributed by atoms with Crippen LogP contribution in [0.4, 0.5) is 4.79 Å². The number of carbonyl (C=O) groups is 1. The van der Waals surface area contributed by atoms with E-state index in [4.69, 9.17) is 4.74 Å². The molecule has 0 aromatic rings. The van der Waals surface area contributed by atoms with Crippen LogP contribution in [0.25, 0.3) is 0 Å². The van der Waals surface area contributed by atoms with Gasteiger partial charge in [-0.2, -0.15) is 0 Å². The van der Waals surface area contributed by atoms with E-state index in [1.54, 1.807) is 0 Å². The predicted molar refractivity (Wildman–Crippen MR) is 53.1 cm³/mol. The van der Waals surface area contributed by atoms with Crippen molar-refractivity contribution in [2.45, 2.75) is 6.42 Å². The van der Waals surface area contributed by atoms with E-state index in [0.717, 1.165) is 32.6 Å². The number of ether oxygens (including phenoxy) is 1. The smallest absolute Gasteiger partial charge is 0.320 e.